The molecule has 0 saturated heterocycles. The molecule has 4 heteroatoms. The van der Waals surface area contributed by atoms with Gasteiger partial charge in [0, 0.05) is 0 Å². The van der Waals surface area contributed by atoms with E-state index in [4.69, 9.17) is 32.4 Å². The van der Waals surface area contributed by atoms with Gasteiger partial charge in [0.15, 0.2) is 0 Å². The molecule has 11 heavy (non-hydrogen) atoms. The molecule has 0 radical (unpaired) electrons. The molecule has 0 aliphatic carbocycles. The molecule has 0 aliphatic rings. The van der Waals surface area contributed by atoms with Crippen LogP contribution >= 0.6 is 11.6 Å². The van der Waals surface area contributed by atoms with Gasteiger partial charge >= 0.3 is 78.5 Å². The van der Waals surface area contributed by atoms with Gasteiger partial charge in [-0.1, -0.05) is 0 Å². The maximum absolute atomic E-state index is 5.75. The summed E-state index contributed by atoms with van der Waals surface area (Å²) in [5.74, 6) is 0.451. The van der Waals surface area contributed by atoms with E-state index in [1.807, 2.05) is 6.92 Å². The summed E-state index contributed by atoms with van der Waals surface area (Å²) in [6, 6.07) is 0. The molecule has 0 amide bonds. The summed E-state index contributed by atoms with van der Waals surface area (Å²) < 4.78 is 5.46. The van der Waals surface area contributed by atoms with Crippen LogP contribution in [0.15, 0.2) is 6.20 Å². The minimum atomic E-state index is 0.451. The van der Waals surface area contributed by atoms with E-state index in [1.165, 1.54) is 13.3 Å². The number of rotatable bonds is 1. The summed E-state index contributed by atoms with van der Waals surface area (Å²) >= 11 is 10.9. The van der Waals surface area contributed by atoms with E-state index in [9.17, 15) is 0 Å². The van der Waals surface area contributed by atoms with Gasteiger partial charge in [0.25, 0.3) is 0 Å². The fraction of sp³-hybridized carbons (Fsp3) is 0.286. The summed E-state index contributed by atoms with van der Waals surface area (Å²) in [5.41, 5.74) is 0.832. The first-order valence-corrected chi connectivity index (χ1v) is 3.82. The molecule has 0 spiro atoms. The minimum absolute atomic E-state index is 0.451. The molecule has 0 N–H and O–H groups in total. The molecule has 0 unspecified atom stereocenters. The second kappa shape index (κ2) is 3.44. The van der Waals surface area contributed by atoms with Crippen molar-refractivity contribution in [3.8, 4) is 5.88 Å². The molecule has 0 fully saturated rings. The van der Waals surface area contributed by atoms with Gasteiger partial charge in [-0.3, -0.25) is 0 Å². The number of nitrogens with zero attached hydrogens (tertiary/aromatic N) is 1. The number of pyridine rings is 1. The number of halogens is 1. The van der Waals surface area contributed by atoms with Crippen LogP contribution in [-0.4, -0.2) is 12.1 Å². The molecule has 0 bridgehead atoms. The number of methoxy groups -OCH3 is 1. The topological polar surface area (TPSA) is 22.1 Å². The molecule has 0 atom stereocenters. The van der Waals surface area contributed by atoms with Crippen molar-refractivity contribution in [3.05, 3.63) is 16.8 Å². The summed E-state index contributed by atoms with van der Waals surface area (Å²) in [7, 11) is 1.53. The van der Waals surface area contributed by atoms with E-state index in [0.29, 0.717) is 15.4 Å². The normalized spacial score (nSPS) is 9.91. The zero-order valence-electron chi connectivity index (χ0n) is 6.11. The van der Waals surface area contributed by atoms with Crippen molar-refractivity contribution in [2.45, 2.75) is 6.92 Å². The number of hydrogen-bond donors (Lipinski definition) is 0. The SMILES string of the molecule is COc1ncc(Cl)c(C)[c]1[Cu]. The number of hydrogen-bond acceptors (Lipinski definition) is 2. The van der Waals surface area contributed by atoms with Gasteiger partial charge in [-0.15, -0.1) is 0 Å². The molecular weight excluding hydrogens is 213 g/mol. The molecule has 1 aromatic rings. The first kappa shape index (κ1) is 8.85. The van der Waals surface area contributed by atoms with E-state index in [0.717, 1.165) is 5.56 Å². The monoisotopic (exact) mass is 219 g/mol. The molecule has 2 nitrogen and oxygen atoms in total. The zero-order valence-corrected chi connectivity index (χ0v) is 7.81. The van der Waals surface area contributed by atoms with Crippen LogP contribution in [0.3, 0.4) is 0 Å². The van der Waals surface area contributed by atoms with Crippen LogP contribution in [0.4, 0.5) is 0 Å². The van der Waals surface area contributed by atoms with Gasteiger partial charge in [0.05, 0.1) is 0 Å². The van der Waals surface area contributed by atoms with Crippen molar-refractivity contribution in [2.24, 2.45) is 0 Å². The van der Waals surface area contributed by atoms with E-state index in [-0.39, 0.29) is 0 Å². The van der Waals surface area contributed by atoms with Gasteiger partial charge < -0.3 is 0 Å². The van der Waals surface area contributed by atoms with Gasteiger partial charge in [-0.05, 0) is 0 Å². The predicted molar refractivity (Wildman–Crippen MR) is 40.2 cm³/mol. The predicted octanol–water partition coefficient (Wildman–Crippen LogP) is 1.22. The molecule has 0 aliphatic heterocycles. The number of ether oxygens (including phenoxy) is 1. The van der Waals surface area contributed by atoms with Gasteiger partial charge in [-0.2, -0.15) is 0 Å². The van der Waals surface area contributed by atoms with Crippen molar-refractivity contribution >= 4 is 16.1 Å². The summed E-state index contributed by atoms with van der Waals surface area (Å²) in [6.45, 7) is 1.84. The quantitative estimate of drug-likeness (QED) is 0.664. The van der Waals surface area contributed by atoms with Crippen LogP contribution < -0.4 is 9.20 Å². The molecule has 64 valence electrons. The Hall–Kier alpha value is -0.241. The van der Waals surface area contributed by atoms with Crippen molar-refractivity contribution < 1.29 is 20.7 Å². The molecular formula is C7H7ClCuNO. The fourth-order valence-electron chi connectivity index (χ4n) is 0.654. The Kier molecular flexibility index (Phi) is 2.77. The third-order valence-corrected chi connectivity index (χ3v) is 2.25. The molecule has 0 aromatic carbocycles. The fourth-order valence-corrected chi connectivity index (χ4v) is 1.14. The molecule has 0 saturated carbocycles. The Labute approximate surface area is 78.7 Å². The van der Waals surface area contributed by atoms with E-state index >= 15 is 0 Å². The average Bonchev–Trinajstić information content (AvgIpc) is 2.01. The van der Waals surface area contributed by atoms with Gasteiger partial charge in [0.1, 0.15) is 0 Å². The second-order valence-corrected chi connectivity index (χ2v) is 2.89. The second-order valence-electron chi connectivity index (χ2n) is 2.02. The Morgan fingerprint density at radius 3 is 2.82 bits per heavy atom. The van der Waals surface area contributed by atoms with Crippen molar-refractivity contribution in [1.29, 1.82) is 0 Å². The van der Waals surface area contributed by atoms with E-state index in [2.05, 4.69) is 4.98 Å². The molecule has 1 heterocycles. The first-order valence-electron chi connectivity index (χ1n) is 2.97. The van der Waals surface area contributed by atoms with Crippen molar-refractivity contribution in [1.82, 2.24) is 4.98 Å². The summed E-state index contributed by atoms with van der Waals surface area (Å²) in [4.78, 5) is 3.89. The van der Waals surface area contributed by atoms with Crippen LogP contribution in [0, 0.1) is 6.92 Å². The van der Waals surface area contributed by atoms with E-state index < -0.39 is 0 Å². The third-order valence-electron chi connectivity index (χ3n) is 1.32. The van der Waals surface area contributed by atoms with Crippen LogP contribution in [0.1, 0.15) is 5.56 Å². The first-order chi connectivity index (χ1) is 5.16. The van der Waals surface area contributed by atoms with Crippen LogP contribution in [-0.2, 0) is 16.0 Å². The van der Waals surface area contributed by atoms with Gasteiger partial charge in [0.2, 0.25) is 0 Å². The Bertz CT molecular complexity index is 277. The van der Waals surface area contributed by atoms with Crippen molar-refractivity contribution in [2.75, 3.05) is 7.11 Å². The molecule has 1 rings (SSSR count). The van der Waals surface area contributed by atoms with Crippen LogP contribution in [0.5, 0.6) is 5.88 Å². The maximum atomic E-state index is 5.75. The average molecular weight is 220 g/mol. The van der Waals surface area contributed by atoms with Crippen molar-refractivity contribution in [3.63, 3.8) is 0 Å². The summed E-state index contributed by atoms with van der Waals surface area (Å²) in [5, 5.41) is 0.574. The number of aromatic nitrogens is 1. The molecule has 1 aromatic heterocycles. The summed E-state index contributed by atoms with van der Waals surface area (Å²) in [6.07, 6.45) is 1.53. The van der Waals surface area contributed by atoms with Crippen LogP contribution in [0.25, 0.3) is 0 Å². The Balaban J connectivity index is 3.25. The van der Waals surface area contributed by atoms with Crippen LogP contribution in [0.2, 0.25) is 5.02 Å². The standard InChI is InChI=1S/C7H7ClNO.Cu/c1-5-3-7(10-2)9-4-6(5)8;/h4H,1-2H3;. The Morgan fingerprint density at radius 1 is 1.64 bits per heavy atom. The third kappa shape index (κ3) is 1.67. The van der Waals surface area contributed by atoms with E-state index in [1.54, 1.807) is 0 Å². The Morgan fingerprint density at radius 2 is 2.27 bits per heavy atom. The van der Waals surface area contributed by atoms with Gasteiger partial charge in [-0.25, -0.2) is 0 Å². The zero-order chi connectivity index (χ0) is 8.43.